The van der Waals surface area contributed by atoms with E-state index in [0.29, 0.717) is 0 Å². The molecule has 0 amide bonds. The van der Waals surface area contributed by atoms with Gasteiger partial charge < -0.3 is 4.84 Å². The Labute approximate surface area is 78.5 Å². The highest BCUT2D eigenvalue weighted by Crippen LogP contribution is 2.15. The van der Waals surface area contributed by atoms with E-state index in [1.807, 2.05) is 0 Å². The van der Waals surface area contributed by atoms with E-state index in [9.17, 15) is 8.78 Å². The topological polar surface area (TPSA) is 27.1 Å². The van der Waals surface area contributed by atoms with Crippen molar-refractivity contribution < 1.29 is 13.6 Å². The van der Waals surface area contributed by atoms with Gasteiger partial charge in [0, 0.05) is 6.07 Å². The Bertz CT molecular complexity index is 428. The average molecular weight is 196 g/mol. The van der Waals surface area contributed by atoms with Gasteiger partial charge in [-0.05, 0) is 18.2 Å². The van der Waals surface area contributed by atoms with Crippen molar-refractivity contribution in [2.75, 3.05) is 0 Å². The van der Waals surface area contributed by atoms with Crippen molar-refractivity contribution in [3.05, 3.63) is 48.3 Å². The van der Waals surface area contributed by atoms with Gasteiger partial charge in [0.25, 0.3) is 0 Å². The van der Waals surface area contributed by atoms with Gasteiger partial charge in [0.1, 0.15) is 0 Å². The number of hydrogen-bond donors (Lipinski definition) is 0. The van der Waals surface area contributed by atoms with Gasteiger partial charge in [-0.25, -0.2) is 8.78 Å². The number of hydrogen-bond acceptors (Lipinski definition) is 2. The fourth-order valence-corrected chi connectivity index (χ4v) is 0.950. The Morgan fingerprint density at radius 2 is 2.07 bits per heavy atom. The first-order chi connectivity index (χ1) is 6.75. The third-order valence-electron chi connectivity index (χ3n) is 1.57. The highest BCUT2D eigenvalue weighted by molar-refractivity contribution is 5.23. The molecule has 0 atom stereocenters. The van der Waals surface area contributed by atoms with Crippen molar-refractivity contribution >= 4 is 0 Å². The molecule has 3 nitrogen and oxygen atoms in total. The number of benzene rings is 1. The highest BCUT2D eigenvalue weighted by Gasteiger charge is 2.03. The second kappa shape index (κ2) is 3.45. The molecule has 72 valence electrons. The molecule has 0 radical (unpaired) electrons. The predicted octanol–water partition coefficient (Wildman–Crippen LogP) is 2.00. The summed E-state index contributed by atoms with van der Waals surface area (Å²) >= 11 is 0. The lowest BCUT2D eigenvalue weighted by atomic mass is 10.3. The minimum Gasteiger partial charge on any atom is -0.358 e. The molecule has 1 aromatic heterocycles. The third-order valence-corrected chi connectivity index (χ3v) is 1.57. The van der Waals surface area contributed by atoms with E-state index in [4.69, 9.17) is 4.84 Å². The highest BCUT2D eigenvalue weighted by atomic mass is 19.2. The molecular formula is C9H6F2N2O. The van der Waals surface area contributed by atoms with Gasteiger partial charge in [-0.2, -0.15) is 0 Å². The monoisotopic (exact) mass is 196 g/mol. The maximum absolute atomic E-state index is 12.7. The number of halogens is 2. The molecular weight excluding hydrogens is 190 g/mol. The Balaban J connectivity index is 2.22. The first-order valence-electron chi connectivity index (χ1n) is 3.89. The average Bonchev–Trinajstić information content (AvgIpc) is 2.64. The standard InChI is InChI=1S/C9H6F2N2O/c10-8-3-2-7(6-9(8)11)14-13-5-1-4-12-13/h1-6H. The second-order valence-electron chi connectivity index (χ2n) is 2.58. The molecule has 0 fully saturated rings. The summed E-state index contributed by atoms with van der Waals surface area (Å²) in [6.45, 7) is 0. The molecule has 0 bridgehead atoms. The minimum atomic E-state index is -0.949. The predicted molar refractivity (Wildman–Crippen MR) is 44.6 cm³/mol. The molecule has 0 spiro atoms. The van der Waals surface area contributed by atoms with E-state index in [0.717, 1.165) is 17.0 Å². The van der Waals surface area contributed by atoms with Crippen molar-refractivity contribution in [2.24, 2.45) is 0 Å². The first kappa shape index (κ1) is 8.68. The summed E-state index contributed by atoms with van der Waals surface area (Å²) in [5, 5.41) is 3.74. The van der Waals surface area contributed by atoms with Crippen LogP contribution in [0.2, 0.25) is 0 Å². The molecule has 5 heteroatoms. The van der Waals surface area contributed by atoms with Gasteiger partial charge >= 0.3 is 0 Å². The fraction of sp³-hybridized carbons (Fsp3) is 0. The Hall–Kier alpha value is -1.91. The quantitative estimate of drug-likeness (QED) is 0.734. The van der Waals surface area contributed by atoms with Crippen LogP contribution in [0.5, 0.6) is 5.75 Å². The van der Waals surface area contributed by atoms with Crippen LogP contribution < -0.4 is 4.84 Å². The van der Waals surface area contributed by atoms with Gasteiger partial charge in [0.2, 0.25) is 0 Å². The van der Waals surface area contributed by atoms with E-state index in [1.54, 1.807) is 12.3 Å². The van der Waals surface area contributed by atoms with E-state index in [-0.39, 0.29) is 5.75 Å². The SMILES string of the molecule is Fc1ccc(On2cccn2)cc1F. The van der Waals surface area contributed by atoms with Crippen molar-refractivity contribution in [2.45, 2.75) is 0 Å². The molecule has 0 aliphatic rings. The maximum atomic E-state index is 12.7. The summed E-state index contributed by atoms with van der Waals surface area (Å²) < 4.78 is 25.2. The van der Waals surface area contributed by atoms with Crippen molar-refractivity contribution in [1.29, 1.82) is 0 Å². The Kier molecular flexibility index (Phi) is 2.14. The third kappa shape index (κ3) is 1.71. The first-order valence-corrected chi connectivity index (χ1v) is 3.89. The molecule has 0 N–H and O–H groups in total. The molecule has 0 saturated carbocycles. The van der Waals surface area contributed by atoms with E-state index in [1.165, 1.54) is 12.3 Å². The van der Waals surface area contributed by atoms with Crippen LogP contribution in [-0.4, -0.2) is 9.94 Å². The summed E-state index contributed by atoms with van der Waals surface area (Å²) in [4.78, 5) is 6.20. The van der Waals surface area contributed by atoms with Crippen LogP contribution in [0.3, 0.4) is 0 Å². The fourth-order valence-electron chi connectivity index (χ4n) is 0.950. The van der Waals surface area contributed by atoms with E-state index < -0.39 is 11.6 Å². The van der Waals surface area contributed by atoms with Crippen molar-refractivity contribution in [1.82, 2.24) is 9.94 Å². The molecule has 14 heavy (non-hydrogen) atoms. The summed E-state index contributed by atoms with van der Waals surface area (Å²) in [5.74, 6) is -1.67. The zero-order chi connectivity index (χ0) is 9.97. The van der Waals surface area contributed by atoms with Gasteiger partial charge in [-0.1, -0.05) is 0 Å². The molecule has 0 aliphatic heterocycles. The zero-order valence-electron chi connectivity index (χ0n) is 7.02. The van der Waals surface area contributed by atoms with Crippen LogP contribution in [0.15, 0.2) is 36.7 Å². The van der Waals surface area contributed by atoms with Crippen LogP contribution in [-0.2, 0) is 0 Å². The largest absolute Gasteiger partial charge is 0.358 e. The molecule has 2 rings (SSSR count). The van der Waals surface area contributed by atoms with Crippen molar-refractivity contribution in [3.63, 3.8) is 0 Å². The Morgan fingerprint density at radius 3 is 2.71 bits per heavy atom. The van der Waals surface area contributed by atoms with Crippen LogP contribution in [0.1, 0.15) is 0 Å². The van der Waals surface area contributed by atoms with Gasteiger partial charge in [0.15, 0.2) is 17.4 Å². The van der Waals surface area contributed by atoms with Crippen molar-refractivity contribution in [3.8, 4) is 5.75 Å². The lowest BCUT2D eigenvalue weighted by molar-refractivity contribution is 0.177. The number of rotatable bonds is 2. The second-order valence-corrected chi connectivity index (χ2v) is 2.58. The van der Waals surface area contributed by atoms with E-state index in [2.05, 4.69) is 5.10 Å². The van der Waals surface area contributed by atoms with Gasteiger partial charge in [-0.15, -0.1) is 9.94 Å². The van der Waals surface area contributed by atoms with Crippen LogP contribution >= 0.6 is 0 Å². The lowest BCUT2D eigenvalue weighted by Crippen LogP contribution is -2.05. The van der Waals surface area contributed by atoms with Crippen LogP contribution in [0.25, 0.3) is 0 Å². The van der Waals surface area contributed by atoms with Crippen LogP contribution in [0, 0.1) is 11.6 Å². The normalized spacial score (nSPS) is 10.1. The summed E-state index contributed by atoms with van der Waals surface area (Å²) in [6, 6.07) is 4.92. The number of nitrogens with zero attached hydrogens (tertiary/aromatic N) is 2. The zero-order valence-corrected chi connectivity index (χ0v) is 7.02. The van der Waals surface area contributed by atoms with Gasteiger partial charge in [-0.3, -0.25) is 0 Å². The lowest BCUT2D eigenvalue weighted by Gasteiger charge is -2.03. The summed E-state index contributed by atoms with van der Waals surface area (Å²) in [5.41, 5.74) is 0. The molecule has 0 unspecified atom stereocenters. The summed E-state index contributed by atoms with van der Waals surface area (Å²) in [7, 11) is 0. The number of aromatic nitrogens is 2. The van der Waals surface area contributed by atoms with E-state index >= 15 is 0 Å². The van der Waals surface area contributed by atoms with Gasteiger partial charge in [0.05, 0.1) is 12.4 Å². The molecule has 2 aromatic rings. The molecule has 0 saturated heterocycles. The molecule has 1 heterocycles. The smallest absolute Gasteiger partial charge is 0.162 e. The Morgan fingerprint density at radius 1 is 1.21 bits per heavy atom. The molecule has 0 aliphatic carbocycles. The maximum Gasteiger partial charge on any atom is 0.162 e. The summed E-state index contributed by atoms with van der Waals surface area (Å²) in [6.07, 6.45) is 3.06. The van der Waals surface area contributed by atoms with Crippen LogP contribution in [0.4, 0.5) is 8.78 Å². The molecule has 1 aromatic carbocycles. The minimum absolute atomic E-state index is 0.188.